The number of nitrogens with one attached hydrogen (secondary N) is 3. The lowest BCUT2D eigenvalue weighted by Crippen LogP contribution is -2.19. The van der Waals surface area contributed by atoms with Gasteiger partial charge in [0.15, 0.2) is 5.65 Å². The third kappa shape index (κ3) is 4.09. The maximum Gasteiger partial charge on any atom is 0.254 e. The zero-order valence-corrected chi connectivity index (χ0v) is 16.3. The highest BCUT2D eigenvalue weighted by Crippen LogP contribution is 2.30. The predicted molar refractivity (Wildman–Crippen MR) is 110 cm³/mol. The Morgan fingerprint density at radius 1 is 1.16 bits per heavy atom. The quantitative estimate of drug-likeness (QED) is 0.416. The smallest absolute Gasteiger partial charge is 0.254 e. The average Bonchev–Trinajstić information content (AvgIpc) is 3.36. The van der Waals surface area contributed by atoms with E-state index in [9.17, 15) is 18.4 Å². The Balaban J connectivity index is 1.55. The minimum absolute atomic E-state index is 0.0104. The van der Waals surface area contributed by atoms with Gasteiger partial charge in [-0.2, -0.15) is 9.61 Å². The molecule has 1 aliphatic heterocycles. The molecule has 2 fully saturated rings. The lowest BCUT2D eigenvalue weighted by atomic mass is 10.1. The summed E-state index contributed by atoms with van der Waals surface area (Å²) in [6, 6.07) is 4.83. The molecule has 158 valence electrons. The Bertz CT molecular complexity index is 1230. The molecule has 3 heterocycles. The van der Waals surface area contributed by atoms with Crippen molar-refractivity contribution in [2.45, 2.75) is 19.3 Å². The van der Waals surface area contributed by atoms with Gasteiger partial charge in [0.25, 0.3) is 5.91 Å². The minimum atomic E-state index is -0.706. The number of aromatic nitrogens is 3. The summed E-state index contributed by atoms with van der Waals surface area (Å²) in [7, 11) is 0. The molecule has 31 heavy (non-hydrogen) atoms. The van der Waals surface area contributed by atoms with Crippen LogP contribution in [0.4, 0.5) is 26.1 Å². The van der Waals surface area contributed by atoms with E-state index in [0.717, 1.165) is 25.5 Å². The summed E-state index contributed by atoms with van der Waals surface area (Å²) in [4.78, 5) is 27.9. The zero-order chi connectivity index (χ0) is 21.5. The number of carbonyl (C=O) groups excluding carboxylic acids is 2. The van der Waals surface area contributed by atoms with Crippen LogP contribution < -0.4 is 16.0 Å². The second-order valence-corrected chi connectivity index (χ2v) is 7.69. The van der Waals surface area contributed by atoms with Gasteiger partial charge in [0, 0.05) is 35.5 Å². The number of imide groups is 1. The number of fused-ring (bicyclic) bond motifs is 1. The number of nitrogens with zero attached hydrogens (tertiary/aromatic N) is 3. The summed E-state index contributed by atoms with van der Waals surface area (Å²) < 4.78 is 28.8. The van der Waals surface area contributed by atoms with Gasteiger partial charge < -0.3 is 10.6 Å². The first-order chi connectivity index (χ1) is 14.9. The summed E-state index contributed by atoms with van der Waals surface area (Å²) in [5, 5.41) is 12.9. The van der Waals surface area contributed by atoms with Gasteiger partial charge in [-0.25, -0.2) is 13.8 Å². The van der Waals surface area contributed by atoms with E-state index < -0.39 is 17.5 Å². The van der Waals surface area contributed by atoms with Crippen molar-refractivity contribution in [2.75, 3.05) is 17.2 Å². The molecule has 10 heteroatoms. The van der Waals surface area contributed by atoms with Crippen molar-refractivity contribution in [3.05, 3.63) is 53.2 Å². The highest BCUT2D eigenvalue weighted by Gasteiger charge is 2.25. The third-order valence-electron chi connectivity index (χ3n) is 5.13. The Labute approximate surface area is 175 Å². The highest BCUT2D eigenvalue weighted by molar-refractivity contribution is 6.15. The Morgan fingerprint density at radius 2 is 1.94 bits per heavy atom. The standard InChI is InChI=1S/C21H18F2N6O2/c22-14-5-15(23)7-16(6-14)26-17-8-18(24-9-11-1-2-11)29-20(27-17)13(10-25-29)3-12-4-19(30)28-21(12)31/h3,5-8,10-11,24H,1-2,4,9H2,(H,26,27)(H,28,30,31). The van der Waals surface area contributed by atoms with Crippen LogP contribution in [0.25, 0.3) is 11.7 Å². The van der Waals surface area contributed by atoms with Gasteiger partial charge in [0.05, 0.1) is 12.6 Å². The van der Waals surface area contributed by atoms with E-state index in [4.69, 9.17) is 0 Å². The number of carbonyl (C=O) groups is 2. The van der Waals surface area contributed by atoms with Crippen LogP contribution >= 0.6 is 0 Å². The van der Waals surface area contributed by atoms with Crippen molar-refractivity contribution < 1.29 is 18.4 Å². The normalized spacial score (nSPS) is 17.4. The van der Waals surface area contributed by atoms with Crippen LogP contribution in [-0.2, 0) is 9.59 Å². The van der Waals surface area contributed by atoms with Gasteiger partial charge in [-0.15, -0.1) is 0 Å². The maximum atomic E-state index is 13.6. The van der Waals surface area contributed by atoms with E-state index in [-0.39, 0.29) is 18.0 Å². The summed E-state index contributed by atoms with van der Waals surface area (Å²) in [6.45, 7) is 0.764. The van der Waals surface area contributed by atoms with Crippen LogP contribution in [0.5, 0.6) is 0 Å². The SMILES string of the molecule is O=C1CC(=Cc2cnn3c(NCC4CC4)cc(Nc4cc(F)cc(F)c4)nc23)C(=O)N1. The van der Waals surface area contributed by atoms with Crippen molar-refractivity contribution in [1.82, 2.24) is 19.9 Å². The van der Waals surface area contributed by atoms with E-state index in [1.54, 1.807) is 22.9 Å². The molecule has 0 radical (unpaired) electrons. The molecule has 3 aromatic rings. The lowest BCUT2D eigenvalue weighted by molar-refractivity contribution is -0.124. The molecule has 0 spiro atoms. The Hall–Kier alpha value is -3.82. The first kappa shape index (κ1) is 19.2. The van der Waals surface area contributed by atoms with Crippen LogP contribution in [0.2, 0.25) is 0 Å². The molecule has 3 N–H and O–H groups in total. The Morgan fingerprint density at radius 3 is 2.61 bits per heavy atom. The number of hydrogen-bond acceptors (Lipinski definition) is 6. The number of hydrogen-bond donors (Lipinski definition) is 3. The van der Waals surface area contributed by atoms with Crippen molar-refractivity contribution in [3.63, 3.8) is 0 Å². The molecule has 2 aliphatic rings. The monoisotopic (exact) mass is 424 g/mol. The summed E-state index contributed by atoms with van der Waals surface area (Å²) in [5.74, 6) is -0.619. The first-order valence-corrected chi connectivity index (χ1v) is 9.85. The van der Waals surface area contributed by atoms with E-state index in [0.29, 0.717) is 34.3 Å². The molecule has 0 atom stereocenters. The maximum absolute atomic E-state index is 13.6. The van der Waals surface area contributed by atoms with Crippen LogP contribution in [0.15, 0.2) is 36.0 Å². The van der Waals surface area contributed by atoms with E-state index in [2.05, 4.69) is 26.0 Å². The average molecular weight is 424 g/mol. The highest BCUT2D eigenvalue weighted by atomic mass is 19.1. The molecule has 1 saturated heterocycles. The number of amides is 2. The molecule has 2 amide bonds. The summed E-state index contributed by atoms with van der Waals surface area (Å²) >= 11 is 0. The molecule has 8 nitrogen and oxygen atoms in total. The van der Waals surface area contributed by atoms with Gasteiger partial charge in [0.1, 0.15) is 23.3 Å². The van der Waals surface area contributed by atoms with Crippen LogP contribution in [0.3, 0.4) is 0 Å². The fourth-order valence-electron chi connectivity index (χ4n) is 3.43. The summed E-state index contributed by atoms with van der Waals surface area (Å²) in [6.07, 6.45) is 5.44. The van der Waals surface area contributed by atoms with Crippen LogP contribution in [0, 0.1) is 17.6 Å². The number of rotatable bonds is 6. The number of halogens is 2. The second-order valence-electron chi connectivity index (χ2n) is 7.69. The van der Waals surface area contributed by atoms with E-state index >= 15 is 0 Å². The topological polar surface area (TPSA) is 100 Å². The number of anilines is 3. The number of benzene rings is 1. The van der Waals surface area contributed by atoms with Gasteiger partial charge in [0.2, 0.25) is 5.91 Å². The molecule has 0 unspecified atom stereocenters. The predicted octanol–water partition coefficient (Wildman–Crippen LogP) is 3.00. The molecular weight excluding hydrogens is 406 g/mol. The van der Waals surface area contributed by atoms with Crippen molar-refractivity contribution in [2.24, 2.45) is 5.92 Å². The van der Waals surface area contributed by atoms with Gasteiger partial charge in [-0.05, 0) is 37.0 Å². The van der Waals surface area contributed by atoms with Crippen LogP contribution in [0.1, 0.15) is 24.8 Å². The van der Waals surface area contributed by atoms with Crippen molar-refractivity contribution in [1.29, 1.82) is 0 Å². The van der Waals surface area contributed by atoms with E-state index in [1.165, 1.54) is 12.1 Å². The van der Waals surface area contributed by atoms with E-state index in [1.807, 2.05) is 0 Å². The van der Waals surface area contributed by atoms with Gasteiger partial charge >= 0.3 is 0 Å². The van der Waals surface area contributed by atoms with Gasteiger partial charge in [-0.1, -0.05) is 0 Å². The van der Waals surface area contributed by atoms with Crippen LogP contribution in [-0.4, -0.2) is 33.0 Å². The lowest BCUT2D eigenvalue weighted by Gasteiger charge is -2.12. The molecule has 1 saturated carbocycles. The molecule has 0 bridgehead atoms. The molecule has 1 aliphatic carbocycles. The minimum Gasteiger partial charge on any atom is -0.370 e. The molecule has 2 aromatic heterocycles. The van der Waals surface area contributed by atoms with Crippen molar-refractivity contribution in [3.8, 4) is 0 Å². The molecule has 5 rings (SSSR count). The third-order valence-corrected chi connectivity index (χ3v) is 5.13. The fraction of sp³-hybridized carbons (Fsp3) is 0.238. The molecule has 1 aromatic carbocycles. The Kier molecular flexibility index (Phi) is 4.61. The second kappa shape index (κ2) is 7.46. The fourth-order valence-corrected chi connectivity index (χ4v) is 3.43. The molecular formula is C21H18F2N6O2. The summed E-state index contributed by atoms with van der Waals surface area (Å²) in [5.41, 5.74) is 1.51. The van der Waals surface area contributed by atoms with Gasteiger partial charge in [-0.3, -0.25) is 14.9 Å². The van der Waals surface area contributed by atoms with Crippen molar-refractivity contribution >= 4 is 40.9 Å². The largest absolute Gasteiger partial charge is 0.370 e. The first-order valence-electron chi connectivity index (χ1n) is 9.85. The zero-order valence-electron chi connectivity index (χ0n) is 16.3.